The summed E-state index contributed by atoms with van der Waals surface area (Å²) in [6, 6.07) is 58.0. The fourth-order valence-corrected chi connectivity index (χ4v) is 9.98. The summed E-state index contributed by atoms with van der Waals surface area (Å²) in [7, 11) is 0. The molecule has 50 heavy (non-hydrogen) atoms. The monoisotopic (exact) mass is 687 g/mol. The van der Waals surface area contributed by atoms with Crippen LogP contribution in [0.25, 0.3) is 10.1 Å². The number of carbonyl (C=O) groups is 1. The number of amides is 1. The van der Waals surface area contributed by atoms with Crippen molar-refractivity contribution in [3.8, 4) is 0 Å². The second-order valence-corrected chi connectivity index (χ2v) is 15.6. The van der Waals surface area contributed by atoms with Crippen LogP contribution in [0.15, 0.2) is 164 Å². The van der Waals surface area contributed by atoms with Crippen molar-refractivity contribution in [3.63, 3.8) is 0 Å². The zero-order chi connectivity index (χ0) is 34.5. The van der Waals surface area contributed by atoms with E-state index in [0.717, 1.165) is 33.3 Å². The molecular formula is C46H38ClNOS. The number of benzene rings is 6. The van der Waals surface area contributed by atoms with Gasteiger partial charge in [-0.05, 0) is 65.8 Å². The van der Waals surface area contributed by atoms with Crippen molar-refractivity contribution in [2.45, 2.75) is 43.6 Å². The third-order valence-electron chi connectivity index (χ3n) is 10.6. The number of rotatable bonds is 6. The topological polar surface area (TPSA) is 20.3 Å². The summed E-state index contributed by atoms with van der Waals surface area (Å²) in [5, 5.41) is 1.44. The summed E-state index contributed by atoms with van der Waals surface area (Å²) in [5.74, 6) is -0.0641. The molecule has 0 saturated carbocycles. The molecule has 246 valence electrons. The Labute approximate surface area is 303 Å². The van der Waals surface area contributed by atoms with Gasteiger partial charge in [-0.1, -0.05) is 170 Å². The normalized spacial score (nSPS) is 17.0. The van der Waals surface area contributed by atoms with Crippen molar-refractivity contribution in [3.05, 3.63) is 207 Å². The Morgan fingerprint density at radius 3 is 1.68 bits per heavy atom. The van der Waals surface area contributed by atoms with Gasteiger partial charge in [0.05, 0.1) is 10.4 Å². The van der Waals surface area contributed by atoms with Crippen LogP contribution >= 0.6 is 22.9 Å². The van der Waals surface area contributed by atoms with Gasteiger partial charge in [0.15, 0.2) is 0 Å². The molecule has 4 heteroatoms. The Balaban J connectivity index is 1.43. The molecule has 0 unspecified atom stereocenters. The first-order valence-electron chi connectivity index (χ1n) is 17.1. The number of thiophene rings is 1. The highest BCUT2D eigenvalue weighted by atomic mass is 35.5. The molecule has 0 radical (unpaired) electrons. The number of nitrogens with zero attached hydrogens (tertiary/aromatic N) is 1. The minimum atomic E-state index is -0.618. The van der Waals surface area contributed by atoms with Gasteiger partial charge in [-0.2, -0.15) is 0 Å². The molecule has 0 aliphatic carbocycles. The van der Waals surface area contributed by atoms with E-state index in [-0.39, 0.29) is 5.91 Å². The molecule has 1 aromatic heterocycles. The predicted molar refractivity (Wildman–Crippen MR) is 210 cm³/mol. The number of fused-ring (bicyclic) bond motifs is 2. The Kier molecular flexibility index (Phi) is 8.01. The lowest BCUT2D eigenvalue weighted by molar-refractivity contribution is 0.0953. The highest BCUT2D eigenvalue weighted by Gasteiger charge is 2.50. The fraction of sp³-hybridized carbons (Fsp3) is 0.152. The molecule has 0 fully saturated rings. The van der Waals surface area contributed by atoms with Gasteiger partial charge in [-0.3, -0.25) is 4.79 Å². The molecule has 6 aromatic carbocycles. The Hall–Kier alpha value is -4.96. The lowest BCUT2D eigenvalue weighted by atomic mass is 9.61. The van der Waals surface area contributed by atoms with Gasteiger partial charge in [0.25, 0.3) is 5.91 Å². The number of anilines is 1. The Morgan fingerprint density at radius 1 is 0.640 bits per heavy atom. The summed E-state index contributed by atoms with van der Waals surface area (Å²) in [6.45, 7) is 6.72. The van der Waals surface area contributed by atoms with E-state index in [1.807, 2.05) is 29.2 Å². The molecule has 0 saturated heterocycles. The van der Waals surface area contributed by atoms with Crippen LogP contribution in [-0.4, -0.2) is 11.4 Å². The minimum absolute atomic E-state index is 0.0641. The van der Waals surface area contributed by atoms with Crippen LogP contribution in [0.2, 0.25) is 5.02 Å². The van der Waals surface area contributed by atoms with Gasteiger partial charge in [-0.15, -0.1) is 11.3 Å². The van der Waals surface area contributed by atoms with Crippen LogP contribution in [0.4, 0.5) is 5.69 Å². The van der Waals surface area contributed by atoms with E-state index < -0.39 is 16.4 Å². The molecule has 2 heterocycles. The van der Waals surface area contributed by atoms with Crippen LogP contribution in [0.5, 0.6) is 0 Å². The largest absolute Gasteiger partial charge is 0.302 e. The zero-order valence-electron chi connectivity index (χ0n) is 28.4. The number of hydrogen-bond acceptors (Lipinski definition) is 2. The van der Waals surface area contributed by atoms with E-state index in [1.54, 1.807) is 0 Å². The molecular weight excluding hydrogens is 650 g/mol. The van der Waals surface area contributed by atoms with Crippen molar-refractivity contribution in [2.75, 3.05) is 4.90 Å². The van der Waals surface area contributed by atoms with Crippen LogP contribution in [0.1, 0.15) is 70.2 Å². The highest BCUT2D eigenvalue weighted by molar-refractivity contribution is 7.21. The molecule has 0 N–H and O–H groups in total. The van der Waals surface area contributed by atoms with E-state index in [0.29, 0.717) is 9.90 Å². The third-order valence-corrected chi connectivity index (χ3v) is 12.3. The summed E-state index contributed by atoms with van der Waals surface area (Å²) in [6.07, 6.45) is 0.726. The molecule has 0 bridgehead atoms. The number of halogens is 1. The van der Waals surface area contributed by atoms with Gasteiger partial charge >= 0.3 is 0 Å². The first-order chi connectivity index (χ1) is 24.2. The summed E-state index contributed by atoms with van der Waals surface area (Å²) < 4.78 is 1.01. The fourth-order valence-electron chi connectivity index (χ4n) is 8.54. The van der Waals surface area contributed by atoms with Crippen LogP contribution in [0.3, 0.4) is 0 Å². The maximum atomic E-state index is 14.9. The first-order valence-corrected chi connectivity index (χ1v) is 18.3. The second-order valence-electron chi connectivity index (χ2n) is 14.1. The van der Waals surface area contributed by atoms with Gasteiger partial charge in [0.1, 0.15) is 4.88 Å². The van der Waals surface area contributed by atoms with Gasteiger partial charge < -0.3 is 4.90 Å². The standard InChI is InChI=1S/C46H38ClNOS/c1-44(2)31-45(3,32-18-8-4-9-19-32)38-30-36(28-29-39(38)48(44)43(49)42-41(47)37-26-16-17-27-40(37)50-42)46(33-20-10-5-11-21-33,34-22-12-6-13-23-34)35-24-14-7-15-25-35/h4-30H,31H2,1-3H3/t45-/m0/s1. The second kappa shape index (κ2) is 12.4. The third kappa shape index (κ3) is 5.02. The van der Waals surface area contributed by atoms with E-state index in [9.17, 15) is 4.79 Å². The van der Waals surface area contributed by atoms with E-state index >= 15 is 0 Å². The molecule has 8 rings (SSSR count). The van der Waals surface area contributed by atoms with Crippen molar-refractivity contribution in [2.24, 2.45) is 0 Å². The van der Waals surface area contributed by atoms with Crippen molar-refractivity contribution >= 4 is 44.6 Å². The molecule has 7 aromatic rings. The molecule has 1 atom stereocenters. The van der Waals surface area contributed by atoms with Crippen LogP contribution < -0.4 is 4.90 Å². The van der Waals surface area contributed by atoms with Gasteiger partial charge in [0, 0.05) is 26.7 Å². The van der Waals surface area contributed by atoms with Crippen molar-refractivity contribution in [1.82, 2.24) is 0 Å². The quantitative estimate of drug-likeness (QED) is 0.159. The molecule has 1 amide bonds. The number of hydrogen-bond donors (Lipinski definition) is 0. The van der Waals surface area contributed by atoms with Crippen LogP contribution in [0, 0.1) is 0 Å². The van der Waals surface area contributed by atoms with E-state index in [2.05, 4.69) is 160 Å². The predicted octanol–water partition coefficient (Wildman–Crippen LogP) is 12.1. The zero-order valence-corrected chi connectivity index (χ0v) is 30.0. The number of carbonyl (C=O) groups excluding carboxylic acids is 1. The van der Waals surface area contributed by atoms with Gasteiger partial charge in [-0.25, -0.2) is 0 Å². The maximum absolute atomic E-state index is 14.9. The van der Waals surface area contributed by atoms with E-state index in [1.165, 1.54) is 33.6 Å². The smallest absolute Gasteiger partial charge is 0.270 e. The summed E-state index contributed by atoms with van der Waals surface area (Å²) >= 11 is 8.47. The Morgan fingerprint density at radius 2 is 1.14 bits per heavy atom. The Bertz CT molecular complexity index is 2220. The summed E-state index contributed by atoms with van der Waals surface area (Å²) in [4.78, 5) is 17.5. The first kappa shape index (κ1) is 32.3. The average Bonchev–Trinajstić information content (AvgIpc) is 3.49. The molecule has 1 aliphatic heterocycles. The maximum Gasteiger partial charge on any atom is 0.270 e. The average molecular weight is 688 g/mol. The van der Waals surface area contributed by atoms with Crippen LogP contribution in [-0.2, 0) is 10.8 Å². The van der Waals surface area contributed by atoms with Gasteiger partial charge in [0.2, 0.25) is 0 Å². The minimum Gasteiger partial charge on any atom is -0.302 e. The van der Waals surface area contributed by atoms with Crippen molar-refractivity contribution in [1.29, 1.82) is 0 Å². The van der Waals surface area contributed by atoms with E-state index in [4.69, 9.17) is 11.6 Å². The molecule has 2 nitrogen and oxygen atoms in total. The molecule has 0 spiro atoms. The summed E-state index contributed by atoms with van der Waals surface area (Å²) in [5.41, 5.74) is 6.41. The lowest BCUT2D eigenvalue weighted by Gasteiger charge is -2.52. The molecule has 1 aliphatic rings. The van der Waals surface area contributed by atoms with Crippen molar-refractivity contribution < 1.29 is 4.79 Å². The SMILES string of the molecule is CC1(C)C[C@@](C)(c2ccccc2)c2cc(C(c3ccccc3)(c3ccccc3)c3ccccc3)ccc2N1C(=O)c1sc2ccccc2c1Cl. The highest BCUT2D eigenvalue weighted by Crippen LogP contribution is 2.54. The lowest BCUT2D eigenvalue weighted by Crippen LogP contribution is -2.56.